The molecule has 0 spiro atoms. The Morgan fingerprint density at radius 2 is 1.85 bits per heavy atom. The van der Waals surface area contributed by atoms with Crippen LogP contribution in [0.15, 0.2) is 45.6 Å². The number of esters is 1. The van der Waals surface area contributed by atoms with E-state index < -0.39 is 29.2 Å². The van der Waals surface area contributed by atoms with Crippen LogP contribution in [0.5, 0.6) is 5.75 Å². The third-order valence-electron chi connectivity index (χ3n) is 4.02. The second-order valence-corrected chi connectivity index (χ2v) is 7.23. The Morgan fingerprint density at radius 1 is 1.22 bits per heavy atom. The molecule has 2 atom stereocenters. The van der Waals surface area contributed by atoms with E-state index in [1.54, 1.807) is 39.0 Å². The van der Waals surface area contributed by atoms with Crippen LogP contribution in [0.25, 0.3) is 11.0 Å². The summed E-state index contributed by atoms with van der Waals surface area (Å²) >= 11 is 0. The Balaban J connectivity index is 2.32. The Hall–Kier alpha value is -2.64. The van der Waals surface area contributed by atoms with Crippen molar-refractivity contribution >= 4 is 16.9 Å². The van der Waals surface area contributed by atoms with E-state index in [1.165, 1.54) is 13.2 Å². The molecule has 27 heavy (non-hydrogen) atoms. The van der Waals surface area contributed by atoms with Crippen LogP contribution in [0, 0.1) is 5.41 Å². The molecule has 1 aromatic carbocycles. The average molecular weight is 376 g/mol. The first-order valence-corrected chi connectivity index (χ1v) is 8.38. The Labute approximate surface area is 156 Å². The number of fused-ring (bicyclic) bond motifs is 1. The number of carbonyl (C=O) groups is 1. The van der Waals surface area contributed by atoms with Gasteiger partial charge in [0.1, 0.15) is 30.1 Å². The number of hydrogen-bond donors (Lipinski definition) is 2. The van der Waals surface area contributed by atoms with Gasteiger partial charge in [0, 0.05) is 11.5 Å². The lowest BCUT2D eigenvalue weighted by Gasteiger charge is -2.23. The SMILES string of the molecule is C=C(COC(=O)C(C)(C)C)[C@H](O)[C@@H](O)c1c(OC)ccc2ccc(=O)oc12. The molecule has 0 aliphatic heterocycles. The van der Waals surface area contributed by atoms with E-state index in [1.807, 2.05) is 0 Å². The van der Waals surface area contributed by atoms with Crippen molar-refractivity contribution in [2.24, 2.45) is 5.41 Å². The van der Waals surface area contributed by atoms with Crippen LogP contribution in [-0.2, 0) is 9.53 Å². The molecule has 0 saturated carbocycles. The molecule has 0 saturated heterocycles. The highest BCUT2D eigenvalue weighted by Gasteiger charge is 2.29. The van der Waals surface area contributed by atoms with Crippen molar-refractivity contribution in [1.29, 1.82) is 0 Å². The van der Waals surface area contributed by atoms with Gasteiger partial charge >= 0.3 is 11.6 Å². The topological polar surface area (TPSA) is 106 Å². The lowest BCUT2D eigenvalue weighted by atomic mass is 9.96. The third-order valence-corrected chi connectivity index (χ3v) is 4.02. The number of benzene rings is 1. The standard InChI is InChI=1S/C20H24O7/c1-11(10-26-19(24)20(2,3)4)16(22)17(23)15-13(25-5)8-6-12-7-9-14(21)27-18(12)15/h6-9,16-17,22-23H,1,10H2,2-5H3/t16-,17-/m0/s1. The summed E-state index contributed by atoms with van der Waals surface area (Å²) in [5, 5.41) is 21.7. The summed E-state index contributed by atoms with van der Waals surface area (Å²) in [5.74, 6) is -0.220. The second kappa shape index (κ2) is 7.94. The van der Waals surface area contributed by atoms with E-state index in [4.69, 9.17) is 13.9 Å². The van der Waals surface area contributed by atoms with Gasteiger partial charge in [-0.1, -0.05) is 6.58 Å². The van der Waals surface area contributed by atoms with Gasteiger partial charge in [-0.25, -0.2) is 4.79 Å². The van der Waals surface area contributed by atoms with E-state index >= 15 is 0 Å². The fourth-order valence-corrected chi connectivity index (χ4v) is 2.44. The van der Waals surface area contributed by atoms with E-state index in [0.717, 1.165) is 0 Å². The number of aliphatic hydroxyl groups excluding tert-OH is 2. The zero-order valence-corrected chi connectivity index (χ0v) is 15.8. The third kappa shape index (κ3) is 4.56. The van der Waals surface area contributed by atoms with Crippen LogP contribution in [0.1, 0.15) is 32.4 Å². The van der Waals surface area contributed by atoms with Gasteiger partial charge in [-0.15, -0.1) is 0 Å². The highest BCUT2D eigenvalue weighted by molar-refractivity contribution is 5.82. The Kier molecular flexibility index (Phi) is 6.08. The minimum atomic E-state index is -1.50. The first kappa shape index (κ1) is 20.7. The molecule has 0 aliphatic rings. The van der Waals surface area contributed by atoms with Crippen molar-refractivity contribution < 1.29 is 28.9 Å². The van der Waals surface area contributed by atoms with Crippen LogP contribution >= 0.6 is 0 Å². The maximum absolute atomic E-state index is 11.9. The van der Waals surface area contributed by atoms with Gasteiger partial charge in [0.2, 0.25) is 0 Å². The zero-order chi connectivity index (χ0) is 20.4. The van der Waals surface area contributed by atoms with Gasteiger partial charge in [0.25, 0.3) is 0 Å². The van der Waals surface area contributed by atoms with Crippen LogP contribution in [-0.4, -0.2) is 36.0 Å². The molecule has 7 nitrogen and oxygen atoms in total. The maximum Gasteiger partial charge on any atom is 0.336 e. The Bertz CT molecular complexity index is 905. The molecule has 2 aromatic rings. The zero-order valence-electron chi connectivity index (χ0n) is 15.8. The number of methoxy groups -OCH3 is 1. The smallest absolute Gasteiger partial charge is 0.336 e. The van der Waals surface area contributed by atoms with E-state index in [0.29, 0.717) is 5.39 Å². The van der Waals surface area contributed by atoms with Crippen molar-refractivity contribution in [2.45, 2.75) is 33.0 Å². The van der Waals surface area contributed by atoms with E-state index in [-0.39, 0.29) is 29.1 Å². The number of carbonyl (C=O) groups excluding carboxylic acids is 1. The van der Waals surface area contributed by atoms with Crippen LogP contribution in [0.4, 0.5) is 0 Å². The number of aliphatic hydroxyl groups is 2. The van der Waals surface area contributed by atoms with Gasteiger partial charge in [-0.3, -0.25) is 4.79 Å². The largest absolute Gasteiger partial charge is 0.496 e. The molecular weight excluding hydrogens is 352 g/mol. The van der Waals surface area contributed by atoms with Crippen molar-refractivity contribution in [3.63, 3.8) is 0 Å². The van der Waals surface area contributed by atoms with Gasteiger partial charge in [-0.2, -0.15) is 0 Å². The Morgan fingerprint density at radius 3 is 2.44 bits per heavy atom. The number of hydrogen-bond acceptors (Lipinski definition) is 7. The van der Waals surface area contributed by atoms with Gasteiger partial charge in [0.15, 0.2) is 0 Å². The van der Waals surface area contributed by atoms with Gasteiger partial charge in [-0.05, 0) is 44.5 Å². The molecule has 0 radical (unpaired) electrons. The number of rotatable bonds is 6. The summed E-state index contributed by atoms with van der Waals surface area (Å²) in [4.78, 5) is 23.5. The first-order chi connectivity index (χ1) is 12.6. The van der Waals surface area contributed by atoms with Crippen molar-refractivity contribution in [3.8, 4) is 5.75 Å². The minimum Gasteiger partial charge on any atom is -0.496 e. The molecule has 0 amide bonds. The molecule has 0 aliphatic carbocycles. The van der Waals surface area contributed by atoms with Crippen molar-refractivity contribution in [1.82, 2.24) is 0 Å². The summed E-state index contributed by atoms with van der Waals surface area (Å²) in [6.07, 6.45) is -2.97. The fourth-order valence-electron chi connectivity index (χ4n) is 2.44. The lowest BCUT2D eigenvalue weighted by Crippen LogP contribution is -2.28. The van der Waals surface area contributed by atoms with Crippen LogP contribution in [0.3, 0.4) is 0 Å². The summed E-state index contributed by atoms with van der Waals surface area (Å²) in [6, 6.07) is 6.06. The minimum absolute atomic E-state index is 0.0948. The summed E-state index contributed by atoms with van der Waals surface area (Å²) < 4.78 is 15.6. The fraction of sp³-hybridized carbons (Fsp3) is 0.400. The van der Waals surface area contributed by atoms with E-state index in [2.05, 4.69) is 6.58 Å². The highest BCUT2D eigenvalue weighted by Crippen LogP contribution is 2.35. The molecule has 0 bridgehead atoms. The molecule has 1 aromatic heterocycles. The lowest BCUT2D eigenvalue weighted by molar-refractivity contribution is -0.152. The van der Waals surface area contributed by atoms with Crippen molar-refractivity contribution in [2.75, 3.05) is 13.7 Å². The van der Waals surface area contributed by atoms with Crippen molar-refractivity contribution in [3.05, 3.63) is 52.4 Å². The quantitative estimate of drug-likeness (QED) is 0.453. The second-order valence-electron chi connectivity index (χ2n) is 7.23. The normalized spacial score (nSPS) is 13.9. The first-order valence-electron chi connectivity index (χ1n) is 8.38. The molecule has 0 unspecified atom stereocenters. The molecule has 146 valence electrons. The molecule has 2 rings (SSSR count). The molecule has 7 heteroatoms. The molecule has 0 fully saturated rings. The number of ether oxygens (including phenoxy) is 2. The summed E-state index contributed by atoms with van der Waals surface area (Å²) in [5.41, 5.74) is -0.989. The summed E-state index contributed by atoms with van der Waals surface area (Å²) in [6.45, 7) is 8.53. The van der Waals surface area contributed by atoms with E-state index in [9.17, 15) is 19.8 Å². The van der Waals surface area contributed by atoms with Gasteiger partial charge < -0.3 is 24.1 Å². The maximum atomic E-state index is 11.9. The molecular formula is C20H24O7. The predicted molar refractivity (Wildman–Crippen MR) is 99.6 cm³/mol. The summed E-state index contributed by atoms with van der Waals surface area (Å²) in [7, 11) is 1.39. The molecule has 2 N–H and O–H groups in total. The van der Waals surface area contributed by atoms with Gasteiger partial charge in [0.05, 0.1) is 18.1 Å². The highest BCUT2D eigenvalue weighted by atomic mass is 16.5. The monoisotopic (exact) mass is 376 g/mol. The van der Waals surface area contributed by atoms with Crippen LogP contribution in [0.2, 0.25) is 0 Å². The predicted octanol–water partition coefficient (Wildman–Crippen LogP) is 2.34. The molecule has 1 heterocycles. The average Bonchev–Trinajstić information content (AvgIpc) is 2.62. The van der Waals surface area contributed by atoms with Crippen LogP contribution < -0.4 is 10.4 Å².